The van der Waals surface area contributed by atoms with Crippen molar-refractivity contribution in [2.75, 3.05) is 6.61 Å². The van der Waals surface area contributed by atoms with E-state index in [-0.39, 0.29) is 0 Å². The molecule has 0 amide bonds. The van der Waals surface area contributed by atoms with Gasteiger partial charge in [0.1, 0.15) is 29.5 Å². The highest BCUT2D eigenvalue weighted by atomic mass is 16.6. The molecule has 0 aromatic carbocycles. The average molecular weight is 255 g/mol. The monoisotopic (exact) mass is 255 g/mol. The number of aliphatic hydroxyl groups excluding tert-OH is 2. The molecule has 0 aromatic rings. The largest absolute Gasteiger partial charge is 0.394 e. The molecule has 5 N–H and O–H groups in total. The first-order chi connectivity index (χ1) is 8.37. The van der Waals surface area contributed by atoms with Gasteiger partial charge in [-0.25, -0.2) is 4.99 Å². The molecule has 1 saturated heterocycles. The van der Waals surface area contributed by atoms with Crippen molar-refractivity contribution in [3.05, 3.63) is 24.7 Å². The minimum Gasteiger partial charge on any atom is -0.394 e. The van der Waals surface area contributed by atoms with E-state index >= 15 is 0 Å². The third-order valence-electron chi connectivity index (χ3n) is 3.23. The van der Waals surface area contributed by atoms with Gasteiger partial charge in [-0.15, -0.1) is 0 Å². The molecule has 2 heterocycles. The second-order valence-corrected chi connectivity index (χ2v) is 4.54. The van der Waals surface area contributed by atoms with Crippen molar-refractivity contribution >= 4 is 5.84 Å². The second-order valence-electron chi connectivity index (χ2n) is 4.54. The molecule has 2 aliphatic heterocycles. The van der Waals surface area contributed by atoms with Gasteiger partial charge in [-0.3, -0.25) is 0 Å². The summed E-state index contributed by atoms with van der Waals surface area (Å²) in [6.07, 6.45) is 0.158. The maximum absolute atomic E-state index is 10.1. The van der Waals surface area contributed by atoms with Crippen LogP contribution in [0.2, 0.25) is 0 Å². The Hall–Kier alpha value is -1.41. The SMILES string of the molecule is C=C1N=C(N)C=CN1[C@@H]1O[C@H](CO)C(C)(O)[C@@H]1O. The van der Waals surface area contributed by atoms with Crippen LogP contribution in [0.4, 0.5) is 0 Å². The highest BCUT2D eigenvalue weighted by Gasteiger charge is 2.53. The Balaban J connectivity index is 2.22. The molecule has 1 unspecified atom stereocenters. The zero-order valence-electron chi connectivity index (χ0n) is 10.0. The maximum atomic E-state index is 10.1. The molecule has 0 spiro atoms. The first-order valence-electron chi connectivity index (χ1n) is 5.54. The fourth-order valence-electron chi connectivity index (χ4n) is 2.02. The van der Waals surface area contributed by atoms with Gasteiger partial charge in [-0.05, 0) is 13.0 Å². The number of rotatable bonds is 2. The Morgan fingerprint density at radius 1 is 1.67 bits per heavy atom. The number of ether oxygens (including phenoxy) is 1. The van der Waals surface area contributed by atoms with Gasteiger partial charge in [0.05, 0.1) is 6.61 Å². The van der Waals surface area contributed by atoms with Crippen molar-refractivity contribution in [1.82, 2.24) is 4.90 Å². The lowest BCUT2D eigenvalue weighted by molar-refractivity contribution is -0.0823. The Morgan fingerprint density at radius 2 is 2.33 bits per heavy atom. The first-order valence-corrected chi connectivity index (χ1v) is 5.54. The summed E-state index contributed by atoms with van der Waals surface area (Å²) >= 11 is 0. The summed E-state index contributed by atoms with van der Waals surface area (Å²) in [7, 11) is 0. The Labute approximate surface area is 104 Å². The van der Waals surface area contributed by atoms with Crippen molar-refractivity contribution in [2.24, 2.45) is 10.7 Å². The zero-order chi connectivity index (χ0) is 13.5. The standard InChI is InChI=1S/C11H17N3O4/c1-6-13-8(12)3-4-14(6)10-9(16)11(2,17)7(5-15)18-10/h3-4,7,9-10,15-17H,1,5H2,2H3,(H2,12,13)/t7-,9-,10-,11?/m1/s1. The van der Waals surface area contributed by atoms with Crippen LogP contribution in [0.15, 0.2) is 29.7 Å². The number of hydrogen-bond donors (Lipinski definition) is 4. The van der Waals surface area contributed by atoms with E-state index in [1.165, 1.54) is 17.9 Å². The molecule has 1 fully saturated rings. The quantitative estimate of drug-likeness (QED) is 0.476. The number of amidine groups is 1. The lowest BCUT2D eigenvalue weighted by atomic mass is 9.95. The number of aliphatic hydroxyl groups is 3. The third-order valence-corrected chi connectivity index (χ3v) is 3.23. The van der Waals surface area contributed by atoms with E-state index in [9.17, 15) is 10.2 Å². The van der Waals surface area contributed by atoms with Crippen LogP contribution < -0.4 is 5.73 Å². The van der Waals surface area contributed by atoms with Gasteiger partial charge in [-0.1, -0.05) is 6.58 Å². The number of hydrogen-bond acceptors (Lipinski definition) is 7. The van der Waals surface area contributed by atoms with Gasteiger partial charge in [0.15, 0.2) is 6.23 Å². The van der Waals surface area contributed by atoms with Crippen LogP contribution in [-0.2, 0) is 4.74 Å². The van der Waals surface area contributed by atoms with Crippen LogP contribution in [0.1, 0.15) is 6.92 Å². The molecule has 0 radical (unpaired) electrons. The lowest BCUT2D eigenvalue weighted by Gasteiger charge is -2.31. The van der Waals surface area contributed by atoms with Crippen molar-refractivity contribution in [3.8, 4) is 0 Å². The number of aliphatic imine (C=N–C) groups is 1. The van der Waals surface area contributed by atoms with E-state index in [2.05, 4.69) is 11.6 Å². The highest BCUT2D eigenvalue weighted by molar-refractivity contribution is 5.92. The molecule has 2 rings (SSSR count). The van der Waals surface area contributed by atoms with Crippen LogP contribution in [0.5, 0.6) is 0 Å². The second kappa shape index (κ2) is 4.36. The lowest BCUT2D eigenvalue weighted by Crippen LogP contribution is -2.49. The van der Waals surface area contributed by atoms with Crippen LogP contribution in [-0.4, -0.2) is 56.7 Å². The summed E-state index contributed by atoms with van der Waals surface area (Å²) < 4.78 is 5.44. The Kier molecular flexibility index (Phi) is 3.16. The number of nitrogens with two attached hydrogens (primary N) is 1. The molecular formula is C11H17N3O4. The summed E-state index contributed by atoms with van der Waals surface area (Å²) in [4.78, 5) is 5.41. The summed E-state index contributed by atoms with van der Waals surface area (Å²) in [6.45, 7) is 4.71. The van der Waals surface area contributed by atoms with Crippen molar-refractivity contribution in [2.45, 2.75) is 31.0 Å². The van der Waals surface area contributed by atoms with Crippen molar-refractivity contribution in [1.29, 1.82) is 0 Å². The van der Waals surface area contributed by atoms with E-state index in [4.69, 9.17) is 15.6 Å². The predicted molar refractivity (Wildman–Crippen MR) is 64.1 cm³/mol. The van der Waals surface area contributed by atoms with Gasteiger partial charge in [0.2, 0.25) is 0 Å². The van der Waals surface area contributed by atoms with Gasteiger partial charge in [-0.2, -0.15) is 0 Å². The molecule has 100 valence electrons. The van der Waals surface area contributed by atoms with Gasteiger partial charge in [0, 0.05) is 6.20 Å². The molecule has 0 aliphatic carbocycles. The smallest absolute Gasteiger partial charge is 0.164 e. The van der Waals surface area contributed by atoms with Gasteiger partial charge < -0.3 is 30.7 Å². The van der Waals surface area contributed by atoms with Gasteiger partial charge >= 0.3 is 0 Å². The third kappa shape index (κ3) is 1.91. The molecule has 18 heavy (non-hydrogen) atoms. The van der Waals surface area contributed by atoms with Gasteiger partial charge in [0.25, 0.3) is 0 Å². The predicted octanol–water partition coefficient (Wildman–Crippen LogP) is -1.53. The summed E-state index contributed by atoms with van der Waals surface area (Å²) in [5.74, 6) is 0.600. The Bertz CT molecular complexity index is 419. The average Bonchev–Trinajstić information content (AvgIpc) is 2.52. The summed E-state index contributed by atoms with van der Waals surface area (Å²) in [6, 6.07) is 0. The summed E-state index contributed by atoms with van der Waals surface area (Å²) in [5.41, 5.74) is 3.97. The molecule has 0 aromatic heterocycles. The molecule has 0 saturated carbocycles. The fourth-order valence-corrected chi connectivity index (χ4v) is 2.02. The normalized spacial score (nSPS) is 40.2. The molecule has 4 atom stereocenters. The molecule has 0 bridgehead atoms. The summed E-state index contributed by atoms with van der Waals surface area (Å²) in [5, 5.41) is 29.3. The van der Waals surface area contributed by atoms with E-state index in [0.29, 0.717) is 11.7 Å². The van der Waals surface area contributed by atoms with E-state index in [1.54, 1.807) is 6.20 Å². The molecular weight excluding hydrogens is 238 g/mol. The highest BCUT2D eigenvalue weighted by Crippen LogP contribution is 2.34. The fraction of sp³-hybridized carbons (Fsp3) is 0.545. The van der Waals surface area contributed by atoms with E-state index in [1.807, 2.05) is 0 Å². The van der Waals surface area contributed by atoms with Crippen molar-refractivity contribution in [3.63, 3.8) is 0 Å². The van der Waals surface area contributed by atoms with Crippen LogP contribution in [0.25, 0.3) is 0 Å². The first kappa shape index (κ1) is 13.0. The van der Waals surface area contributed by atoms with Crippen LogP contribution in [0.3, 0.4) is 0 Å². The van der Waals surface area contributed by atoms with E-state index < -0.39 is 30.6 Å². The minimum atomic E-state index is -1.54. The minimum absolute atomic E-state index is 0.299. The topological polar surface area (TPSA) is 112 Å². The van der Waals surface area contributed by atoms with E-state index in [0.717, 1.165) is 0 Å². The number of nitrogens with zero attached hydrogens (tertiary/aromatic N) is 2. The van der Waals surface area contributed by atoms with Crippen molar-refractivity contribution < 1.29 is 20.1 Å². The molecule has 7 nitrogen and oxygen atoms in total. The zero-order valence-corrected chi connectivity index (χ0v) is 10.0. The van der Waals surface area contributed by atoms with Crippen LogP contribution in [0, 0.1) is 0 Å². The Morgan fingerprint density at radius 3 is 2.83 bits per heavy atom. The molecule has 7 heteroatoms. The van der Waals surface area contributed by atoms with Crippen LogP contribution >= 0.6 is 0 Å². The molecule has 2 aliphatic rings. The maximum Gasteiger partial charge on any atom is 0.164 e.